The van der Waals surface area contributed by atoms with Gasteiger partial charge in [-0.15, -0.1) is 0 Å². The molecular formula is C23H21BN3O+. The monoisotopic (exact) mass is 366 g/mol. The average molecular weight is 366 g/mol. The minimum Gasteiger partial charge on any atom is -0.447 e. The van der Waals surface area contributed by atoms with Gasteiger partial charge in [-0.3, -0.25) is 4.81 Å². The molecule has 1 aliphatic rings. The SMILES string of the molecule is CB1c2oc3ncccc3c2C=C(C)N1c1cc(-c2ccccc2)cc[n+]1C. The first-order valence-electron chi connectivity index (χ1n) is 9.53. The van der Waals surface area contributed by atoms with Crippen LogP contribution in [0.15, 0.2) is 77.1 Å². The van der Waals surface area contributed by atoms with Crippen LogP contribution in [0.5, 0.6) is 0 Å². The molecule has 3 aromatic heterocycles. The number of aromatic nitrogens is 2. The standard InChI is InChI=1S/C23H21BN3O/c1-16-14-20-19-10-7-12-25-23(19)28-22(20)24(2)27(16)21-15-18(11-13-26(21)3)17-8-5-4-6-9-17/h4-15H,1-3H3/q+1. The zero-order chi connectivity index (χ0) is 19.3. The highest BCUT2D eigenvalue weighted by atomic mass is 16.3. The van der Waals surface area contributed by atoms with E-state index in [0.717, 1.165) is 22.4 Å². The summed E-state index contributed by atoms with van der Waals surface area (Å²) < 4.78 is 8.31. The van der Waals surface area contributed by atoms with Gasteiger partial charge in [-0.25, -0.2) is 9.55 Å². The van der Waals surface area contributed by atoms with Gasteiger partial charge >= 0.3 is 6.85 Å². The molecular weight excluding hydrogens is 345 g/mol. The maximum atomic E-state index is 6.15. The number of hydrogen-bond acceptors (Lipinski definition) is 3. The molecule has 4 nitrogen and oxygen atoms in total. The Hall–Kier alpha value is -3.34. The molecule has 5 heteroatoms. The lowest BCUT2D eigenvalue weighted by Gasteiger charge is -2.26. The van der Waals surface area contributed by atoms with E-state index in [9.17, 15) is 0 Å². The third kappa shape index (κ3) is 2.54. The molecule has 5 rings (SSSR count). The third-order valence-corrected chi connectivity index (χ3v) is 5.51. The van der Waals surface area contributed by atoms with Gasteiger partial charge in [0, 0.05) is 23.2 Å². The quantitative estimate of drug-likeness (QED) is 0.397. The van der Waals surface area contributed by atoms with Gasteiger partial charge in [-0.2, -0.15) is 0 Å². The molecule has 0 amide bonds. The molecule has 4 heterocycles. The number of fused-ring (bicyclic) bond motifs is 3. The Kier molecular flexibility index (Phi) is 3.83. The number of allylic oxidation sites excluding steroid dienone is 1. The Morgan fingerprint density at radius 1 is 1.04 bits per heavy atom. The highest BCUT2D eigenvalue weighted by Crippen LogP contribution is 2.30. The van der Waals surface area contributed by atoms with Crippen molar-refractivity contribution >= 4 is 35.5 Å². The molecule has 0 unspecified atom stereocenters. The molecule has 0 aliphatic carbocycles. The highest BCUT2D eigenvalue weighted by molar-refractivity contribution is 6.76. The van der Waals surface area contributed by atoms with Crippen LogP contribution in [0.25, 0.3) is 28.3 Å². The van der Waals surface area contributed by atoms with Crippen LogP contribution in [0.2, 0.25) is 6.82 Å². The fourth-order valence-electron chi connectivity index (χ4n) is 4.12. The molecule has 28 heavy (non-hydrogen) atoms. The summed E-state index contributed by atoms with van der Waals surface area (Å²) in [5, 5.41) is 1.07. The van der Waals surface area contributed by atoms with Gasteiger partial charge in [0.05, 0.1) is 18.9 Å². The number of aryl methyl sites for hydroxylation is 1. The summed E-state index contributed by atoms with van der Waals surface area (Å²) in [7, 11) is 2.08. The summed E-state index contributed by atoms with van der Waals surface area (Å²) in [6.07, 6.45) is 6.10. The number of rotatable bonds is 2. The van der Waals surface area contributed by atoms with E-state index in [4.69, 9.17) is 4.42 Å². The second-order valence-corrected chi connectivity index (χ2v) is 7.32. The van der Waals surface area contributed by atoms with Gasteiger partial charge in [-0.1, -0.05) is 30.3 Å². The van der Waals surface area contributed by atoms with E-state index >= 15 is 0 Å². The summed E-state index contributed by atoms with van der Waals surface area (Å²) in [4.78, 5) is 6.73. The Labute approximate surface area is 164 Å². The third-order valence-electron chi connectivity index (χ3n) is 5.51. The average Bonchev–Trinajstić information content (AvgIpc) is 3.09. The maximum absolute atomic E-state index is 6.15. The van der Waals surface area contributed by atoms with Crippen LogP contribution in [-0.2, 0) is 7.05 Å². The number of anilines is 1. The second kappa shape index (κ2) is 6.38. The number of nitrogens with zero attached hydrogens (tertiary/aromatic N) is 3. The van der Waals surface area contributed by atoms with Gasteiger partial charge in [0.1, 0.15) is 5.66 Å². The predicted molar refractivity (Wildman–Crippen MR) is 114 cm³/mol. The molecule has 1 aliphatic heterocycles. The fourth-order valence-corrected chi connectivity index (χ4v) is 4.12. The Bertz CT molecular complexity index is 1210. The lowest BCUT2D eigenvalue weighted by molar-refractivity contribution is -0.658. The van der Waals surface area contributed by atoms with Gasteiger partial charge in [0.2, 0.25) is 5.71 Å². The van der Waals surface area contributed by atoms with Gasteiger partial charge < -0.3 is 4.42 Å². The Balaban J connectivity index is 1.65. The number of hydrogen-bond donors (Lipinski definition) is 0. The zero-order valence-electron chi connectivity index (χ0n) is 16.3. The van der Waals surface area contributed by atoms with Crippen molar-refractivity contribution < 1.29 is 8.98 Å². The zero-order valence-corrected chi connectivity index (χ0v) is 16.3. The molecule has 0 fully saturated rings. The Morgan fingerprint density at radius 2 is 1.86 bits per heavy atom. The lowest BCUT2D eigenvalue weighted by Crippen LogP contribution is -2.52. The first-order chi connectivity index (χ1) is 13.6. The van der Waals surface area contributed by atoms with Crippen molar-refractivity contribution in [2.45, 2.75) is 13.7 Å². The van der Waals surface area contributed by atoms with Crippen molar-refractivity contribution in [3.63, 3.8) is 0 Å². The van der Waals surface area contributed by atoms with Crippen molar-refractivity contribution in [3.8, 4) is 11.1 Å². The van der Waals surface area contributed by atoms with Crippen molar-refractivity contribution in [1.82, 2.24) is 4.98 Å². The largest absolute Gasteiger partial charge is 0.447 e. The molecule has 4 aromatic rings. The first kappa shape index (κ1) is 16.8. The number of benzene rings is 1. The van der Waals surface area contributed by atoms with E-state index in [1.54, 1.807) is 6.20 Å². The summed E-state index contributed by atoms with van der Waals surface area (Å²) >= 11 is 0. The van der Waals surface area contributed by atoms with E-state index in [1.807, 2.05) is 12.1 Å². The summed E-state index contributed by atoms with van der Waals surface area (Å²) in [5.74, 6) is 1.13. The van der Waals surface area contributed by atoms with Crippen molar-refractivity contribution in [2.75, 3.05) is 4.81 Å². The van der Waals surface area contributed by atoms with E-state index in [1.165, 1.54) is 16.8 Å². The minimum atomic E-state index is 0.0754. The molecule has 0 N–H and O–H groups in total. The predicted octanol–water partition coefficient (Wildman–Crippen LogP) is 4.03. The number of pyridine rings is 2. The van der Waals surface area contributed by atoms with Crippen LogP contribution in [-0.4, -0.2) is 11.8 Å². The van der Waals surface area contributed by atoms with Crippen LogP contribution in [0, 0.1) is 0 Å². The molecule has 0 saturated heterocycles. The topological polar surface area (TPSA) is 33.2 Å². The Morgan fingerprint density at radius 3 is 2.68 bits per heavy atom. The van der Waals surface area contributed by atoms with E-state index in [0.29, 0.717) is 5.71 Å². The van der Waals surface area contributed by atoms with Crippen LogP contribution in [0.4, 0.5) is 5.82 Å². The molecule has 136 valence electrons. The van der Waals surface area contributed by atoms with Crippen molar-refractivity contribution in [1.29, 1.82) is 0 Å². The van der Waals surface area contributed by atoms with Crippen LogP contribution < -0.4 is 15.0 Å². The molecule has 0 spiro atoms. The number of furan rings is 1. The van der Waals surface area contributed by atoms with Crippen LogP contribution >= 0.6 is 0 Å². The first-order valence-corrected chi connectivity index (χ1v) is 9.53. The smallest absolute Gasteiger partial charge is 0.447 e. The summed E-state index contributed by atoms with van der Waals surface area (Å²) in [6.45, 7) is 4.42. The van der Waals surface area contributed by atoms with Crippen molar-refractivity contribution in [2.24, 2.45) is 7.05 Å². The second-order valence-electron chi connectivity index (χ2n) is 7.32. The summed E-state index contributed by atoms with van der Waals surface area (Å²) in [5.41, 5.74) is 6.41. The van der Waals surface area contributed by atoms with Crippen LogP contribution in [0.3, 0.4) is 0 Å². The van der Waals surface area contributed by atoms with E-state index in [2.05, 4.69) is 89.9 Å². The molecule has 0 radical (unpaired) electrons. The molecule has 0 saturated carbocycles. The fraction of sp³-hybridized carbons (Fsp3) is 0.130. The van der Waals surface area contributed by atoms with Crippen LogP contribution in [0.1, 0.15) is 12.5 Å². The molecule has 0 atom stereocenters. The van der Waals surface area contributed by atoms with Gasteiger partial charge in [0.15, 0.2) is 0 Å². The summed E-state index contributed by atoms with van der Waals surface area (Å²) in [6, 6.07) is 18.9. The molecule has 0 bridgehead atoms. The van der Waals surface area contributed by atoms with E-state index < -0.39 is 0 Å². The van der Waals surface area contributed by atoms with Crippen molar-refractivity contribution in [3.05, 3.63) is 78.3 Å². The van der Waals surface area contributed by atoms with E-state index in [-0.39, 0.29) is 6.85 Å². The minimum absolute atomic E-state index is 0.0754. The van der Waals surface area contributed by atoms with Gasteiger partial charge in [-0.05, 0) is 49.1 Å². The molecule has 1 aromatic carbocycles. The normalized spacial score (nSPS) is 13.6. The maximum Gasteiger partial charge on any atom is 0.447 e. The van der Waals surface area contributed by atoms with Gasteiger partial charge in [0.25, 0.3) is 5.82 Å². The highest BCUT2D eigenvalue weighted by Gasteiger charge is 2.40. The lowest BCUT2D eigenvalue weighted by atomic mass is 9.57.